The van der Waals surface area contributed by atoms with Crippen molar-refractivity contribution in [1.82, 2.24) is 0 Å². The van der Waals surface area contributed by atoms with Crippen LogP contribution in [0, 0.1) is 0 Å². The highest BCUT2D eigenvalue weighted by molar-refractivity contribution is 5.94. The molecule has 0 aromatic heterocycles. The fourth-order valence-electron chi connectivity index (χ4n) is 9.87. The normalized spacial score (nSPS) is 14.7. The number of hydrogen-bond donors (Lipinski definition) is 0. The molecule has 0 radical (unpaired) electrons. The molecule has 11 rings (SSSR count). The molecule has 0 amide bonds. The zero-order valence-corrected chi connectivity index (χ0v) is 27.9. The molecule has 8 aromatic carbocycles. The minimum absolute atomic E-state index is 0.542. The molecule has 0 saturated carbocycles. The van der Waals surface area contributed by atoms with E-state index in [1.54, 1.807) is 0 Å². The second-order valence-electron chi connectivity index (χ2n) is 13.9. The van der Waals surface area contributed by atoms with E-state index in [2.05, 4.69) is 194 Å². The lowest BCUT2D eigenvalue weighted by Gasteiger charge is -2.41. The Balaban J connectivity index is 1.29. The third-order valence-corrected chi connectivity index (χ3v) is 11.6. The molecule has 0 fully saturated rings. The highest BCUT2D eigenvalue weighted by Gasteiger charge is 2.53. The van der Waals surface area contributed by atoms with Crippen LogP contribution in [0.4, 0.5) is 0 Å². The lowest BCUT2D eigenvalue weighted by molar-refractivity contribution is 0.437. The van der Waals surface area contributed by atoms with E-state index in [1.807, 2.05) is 0 Å². The van der Waals surface area contributed by atoms with Crippen molar-refractivity contribution >= 4 is 0 Å². The predicted octanol–water partition coefficient (Wildman–Crippen LogP) is 12.2. The van der Waals surface area contributed by atoms with Crippen molar-refractivity contribution < 1.29 is 4.74 Å². The van der Waals surface area contributed by atoms with Crippen LogP contribution in [-0.2, 0) is 10.8 Å². The summed E-state index contributed by atoms with van der Waals surface area (Å²) in [5.41, 5.74) is 16.5. The summed E-state index contributed by atoms with van der Waals surface area (Å²) in [6.45, 7) is 0. The quantitative estimate of drug-likeness (QED) is 0.185. The molecule has 0 N–H and O–H groups in total. The summed E-state index contributed by atoms with van der Waals surface area (Å²) in [5.74, 6) is 1.80. The lowest BCUT2D eigenvalue weighted by Crippen LogP contribution is -2.33. The minimum Gasteiger partial charge on any atom is -0.457 e. The molecule has 1 heterocycles. The summed E-state index contributed by atoms with van der Waals surface area (Å²) in [4.78, 5) is 0. The van der Waals surface area contributed by atoms with Crippen LogP contribution in [0.3, 0.4) is 0 Å². The zero-order valence-electron chi connectivity index (χ0n) is 27.9. The van der Waals surface area contributed by atoms with Crippen LogP contribution in [0.2, 0.25) is 0 Å². The van der Waals surface area contributed by atoms with Gasteiger partial charge in [-0.2, -0.15) is 0 Å². The first kappa shape index (κ1) is 28.4. The van der Waals surface area contributed by atoms with Gasteiger partial charge in [0, 0.05) is 11.1 Å². The molecule has 0 saturated heterocycles. The van der Waals surface area contributed by atoms with E-state index in [1.165, 1.54) is 77.9 Å². The van der Waals surface area contributed by atoms with Crippen molar-refractivity contribution in [2.75, 3.05) is 0 Å². The van der Waals surface area contributed by atoms with E-state index in [0.29, 0.717) is 0 Å². The van der Waals surface area contributed by atoms with Crippen molar-refractivity contribution in [1.29, 1.82) is 0 Å². The number of rotatable bonds is 3. The molecule has 1 heteroatoms. The van der Waals surface area contributed by atoms with E-state index >= 15 is 0 Å². The van der Waals surface area contributed by atoms with Crippen molar-refractivity contribution in [3.63, 3.8) is 0 Å². The van der Waals surface area contributed by atoms with Gasteiger partial charge in [0.15, 0.2) is 0 Å². The van der Waals surface area contributed by atoms with Gasteiger partial charge < -0.3 is 4.74 Å². The van der Waals surface area contributed by atoms with Crippen LogP contribution in [0.5, 0.6) is 11.5 Å². The number of ether oxygens (including phenoxy) is 1. The average Bonchev–Trinajstić information content (AvgIpc) is 3.67. The van der Waals surface area contributed by atoms with Gasteiger partial charge in [0.25, 0.3) is 0 Å². The second kappa shape index (κ2) is 10.5. The van der Waals surface area contributed by atoms with Crippen LogP contribution < -0.4 is 4.74 Å². The standard InChI is InChI=1S/C50H32O/c1-2-17-33(18-3-1)49(40-25-9-4-19-34(40)35-20-5-10-26-41(35)49)42-27-11-8-23-38(42)39-24-16-32-47-48(39)50(45-30-14-15-31-46(45)51-47)43-28-12-6-21-36(43)37-22-7-13-29-44(37)50/h1-32H. The summed E-state index contributed by atoms with van der Waals surface area (Å²) in [7, 11) is 0. The van der Waals surface area contributed by atoms with Gasteiger partial charge in [-0.1, -0.05) is 182 Å². The molecular formula is C50H32O. The van der Waals surface area contributed by atoms with Crippen LogP contribution in [0.1, 0.15) is 44.5 Å². The molecule has 0 unspecified atom stereocenters. The van der Waals surface area contributed by atoms with Gasteiger partial charge in [-0.05, 0) is 78.9 Å². The fraction of sp³-hybridized carbons (Fsp3) is 0.0400. The molecule has 0 atom stereocenters. The Labute approximate surface area is 298 Å². The Morgan fingerprint density at radius 1 is 0.255 bits per heavy atom. The van der Waals surface area contributed by atoms with E-state index < -0.39 is 10.8 Å². The third-order valence-electron chi connectivity index (χ3n) is 11.6. The third kappa shape index (κ3) is 3.55. The van der Waals surface area contributed by atoms with Gasteiger partial charge in [-0.3, -0.25) is 0 Å². The Morgan fingerprint density at radius 2 is 0.608 bits per heavy atom. The molecule has 51 heavy (non-hydrogen) atoms. The van der Waals surface area contributed by atoms with Crippen molar-refractivity contribution in [3.05, 3.63) is 239 Å². The topological polar surface area (TPSA) is 9.23 Å². The Kier molecular flexibility index (Phi) is 5.86. The largest absolute Gasteiger partial charge is 0.457 e. The summed E-state index contributed by atoms with van der Waals surface area (Å²) >= 11 is 0. The monoisotopic (exact) mass is 648 g/mol. The highest BCUT2D eigenvalue weighted by Crippen LogP contribution is 2.65. The first-order valence-corrected chi connectivity index (χ1v) is 17.8. The van der Waals surface area contributed by atoms with E-state index in [9.17, 15) is 0 Å². The molecular weight excluding hydrogens is 617 g/mol. The molecule has 1 aliphatic heterocycles. The maximum atomic E-state index is 6.94. The molecule has 8 aromatic rings. The van der Waals surface area contributed by atoms with Gasteiger partial charge in [0.1, 0.15) is 11.5 Å². The molecule has 0 bridgehead atoms. The first-order chi connectivity index (χ1) is 25.3. The predicted molar refractivity (Wildman–Crippen MR) is 207 cm³/mol. The minimum atomic E-state index is -0.577. The second-order valence-corrected chi connectivity index (χ2v) is 13.9. The van der Waals surface area contributed by atoms with Gasteiger partial charge in [0.2, 0.25) is 0 Å². The fourth-order valence-corrected chi connectivity index (χ4v) is 9.87. The summed E-state index contributed by atoms with van der Waals surface area (Å²) < 4.78 is 6.94. The molecule has 2 aliphatic carbocycles. The van der Waals surface area contributed by atoms with Gasteiger partial charge >= 0.3 is 0 Å². The summed E-state index contributed by atoms with van der Waals surface area (Å²) in [5, 5.41) is 0. The maximum Gasteiger partial charge on any atom is 0.132 e. The van der Waals surface area contributed by atoms with Gasteiger partial charge in [-0.25, -0.2) is 0 Å². The van der Waals surface area contributed by atoms with Crippen LogP contribution in [0.15, 0.2) is 194 Å². The zero-order chi connectivity index (χ0) is 33.6. The molecule has 1 spiro atoms. The van der Waals surface area contributed by atoms with Crippen molar-refractivity contribution in [2.45, 2.75) is 10.8 Å². The average molecular weight is 649 g/mol. The molecule has 1 nitrogen and oxygen atoms in total. The SMILES string of the molecule is c1ccc(C2(c3ccccc3-c3cccc4c3C3(c5ccccc5O4)c4ccccc4-c4ccccc43)c3ccccc3-c3ccccc32)cc1. The van der Waals surface area contributed by atoms with E-state index in [-0.39, 0.29) is 0 Å². The van der Waals surface area contributed by atoms with Crippen molar-refractivity contribution in [2.24, 2.45) is 0 Å². The Hall–Kier alpha value is -6.44. The van der Waals surface area contributed by atoms with E-state index in [4.69, 9.17) is 4.74 Å². The number of fused-ring (bicyclic) bond motifs is 12. The number of benzene rings is 8. The lowest BCUT2D eigenvalue weighted by atomic mass is 9.62. The first-order valence-electron chi connectivity index (χ1n) is 17.8. The van der Waals surface area contributed by atoms with E-state index in [0.717, 1.165) is 11.5 Å². The number of hydrogen-bond acceptors (Lipinski definition) is 1. The number of para-hydroxylation sites is 1. The Bertz CT molecular complexity index is 2590. The van der Waals surface area contributed by atoms with Crippen molar-refractivity contribution in [3.8, 4) is 44.9 Å². The smallest absolute Gasteiger partial charge is 0.132 e. The van der Waals surface area contributed by atoms with Gasteiger partial charge in [-0.15, -0.1) is 0 Å². The molecule has 3 aliphatic rings. The highest BCUT2D eigenvalue weighted by atomic mass is 16.5. The Morgan fingerprint density at radius 3 is 1.12 bits per heavy atom. The maximum absolute atomic E-state index is 6.94. The molecule has 238 valence electrons. The van der Waals surface area contributed by atoms with Crippen LogP contribution >= 0.6 is 0 Å². The summed E-state index contributed by atoms with van der Waals surface area (Å²) in [6.07, 6.45) is 0. The van der Waals surface area contributed by atoms with Crippen LogP contribution in [-0.4, -0.2) is 0 Å². The van der Waals surface area contributed by atoms with Crippen LogP contribution in [0.25, 0.3) is 33.4 Å². The van der Waals surface area contributed by atoms with Gasteiger partial charge in [0.05, 0.1) is 10.8 Å². The summed E-state index contributed by atoms with van der Waals surface area (Å²) in [6, 6.07) is 71.4.